The highest BCUT2D eigenvalue weighted by molar-refractivity contribution is 7.89. The van der Waals surface area contributed by atoms with E-state index >= 15 is 0 Å². The zero-order chi connectivity index (χ0) is 23.1. The van der Waals surface area contributed by atoms with Crippen LogP contribution in [0.2, 0.25) is 0 Å². The number of benzene rings is 2. The highest BCUT2D eigenvalue weighted by atomic mass is 32.2. The molecule has 8 heteroatoms. The lowest BCUT2D eigenvalue weighted by Crippen LogP contribution is -2.50. The first-order valence-electron chi connectivity index (χ1n) is 10.6. The van der Waals surface area contributed by atoms with Crippen LogP contribution >= 0.6 is 0 Å². The van der Waals surface area contributed by atoms with Crippen molar-refractivity contribution >= 4 is 20.0 Å². The highest BCUT2D eigenvalue weighted by Gasteiger charge is 2.35. The lowest BCUT2D eigenvalue weighted by molar-refractivity contribution is 0.272. The van der Waals surface area contributed by atoms with Crippen LogP contribution in [0.5, 0.6) is 0 Å². The number of hydrogen-bond acceptors (Lipinski definition) is 4. The molecule has 1 fully saturated rings. The van der Waals surface area contributed by atoms with Gasteiger partial charge in [0.05, 0.1) is 9.79 Å². The predicted molar refractivity (Wildman–Crippen MR) is 123 cm³/mol. The lowest BCUT2D eigenvalue weighted by atomic mass is 9.95. The predicted octanol–water partition coefficient (Wildman–Crippen LogP) is 3.49. The van der Waals surface area contributed by atoms with Crippen LogP contribution in [0.25, 0.3) is 0 Å². The zero-order valence-electron chi connectivity index (χ0n) is 19.2. The Morgan fingerprint density at radius 2 is 1.03 bits per heavy atom. The molecule has 0 unspecified atom stereocenters. The van der Waals surface area contributed by atoms with E-state index in [1.165, 1.54) is 8.61 Å². The number of aryl methyl sites for hydroxylation is 1. The van der Waals surface area contributed by atoms with Gasteiger partial charge in [0, 0.05) is 26.2 Å². The summed E-state index contributed by atoms with van der Waals surface area (Å²) in [6.45, 7) is 12.2. The Morgan fingerprint density at radius 3 is 1.45 bits per heavy atom. The number of hydrogen-bond donors (Lipinski definition) is 0. The van der Waals surface area contributed by atoms with Crippen LogP contribution in [0.4, 0.5) is 0 Å². The summed E-state index contributed by atoms with van der Waals surface area (Å²) in [5.74, 6) is 0. The van der Waals surface area contributed by atoms with Crippen LogP contribution in [0.15, 0.2) is 34.1 Å². The van der Waals surface area contributed by atoms with Crippen molar-refractivity contribution in [2.45, 2.75) is 57.8 Å². The van der Waals surface area contributed by atoms with Crippen LogP contribution in [0, 0.1) is 34.6 Å². The van der Waals surface area contributed by atoms with Gasteiger partial charge in [-0.3, -0.25) is 0 Å². The maximum atomic E-state index is 13.5. The van der Waals surface area contributed by atoms with E-state index in [4.69, 9.17) is 0 Å². The summed E-state index contributed by atoms with van der Waals surface area (Å²) in [5.41, 5.74) is 5.69. The Labute approximate surface area is 187 Å². The van der Waals surface area contributed by atoms with Gasteiger partial charge < -0.3 is 0 Å². The van der Waals surface area contributed by atoms with E-state index in [1.807, 2.05) is 53.7 Å². The van der Waals surface area contributed by atoms with E-state index in [0.29, 0.717) is 4.90 Å². The molecule has 0 aliphatic carbocycles. The van der Waals surface area contributed by atoms with E-state index in [2.05, 4.69) is 0 Å². The molecule has 1 aliphatic rings. The van der Waals surface area contributed by atoms with Crippen molar-refractivity contribution in [2.24, 2.45) is 0 Å². The molecule has 0 saturated carbocycles. The topological polar surface area (TPSA) is 74.8 Å². The minimum Gasteiger partial charge on any atom is -0.207 e. The molecule has 2 aromatic rings. The molecule has 1 aliphatic heterocycles. The summed E-state index contributed by atoms with van der Waals surface area (Å²) in [7, 11) is -7.36. The second kappa shape index (κ2) is 8.65. The first-order valence-corrected chi connectivity index (χ1v) is 13.5. The van der Waals surface area contributed by atoms with Gasteiger partial charge in [-0.1, -0.05) is 19.1 Å². The molecule has 2 aromatic carbocycles. The number of rotatable bonds is 5. The summed E-state index contributed by atoms with van der Waals surface area (Å²) >= 11 is 0. The van der Waals surface area contributed by atoms with Gasteiger partial charge in [0.1, 0.15) is 0 Å². The van der Waals surface area contributed by atoms with Crippen LogP contribution in [-0.2, 0) is 26.5 Å². The second-order valence-electron chi connectivity index (χ2n) is 8.26. The fourth-order valence-corrected chi connectivity index (χ4v) is 7.58. The molecular weight excluding hydrogens is 432 g/mol. The van der Waals surface area contributed by atoms with Crippen LogP contribution < -0.4 is 0 Å². The van der Waals surface area contributed by atoms with E-state index in [0.717, 1.165) is 39.8 Å². The molecule has 1 saturated heterocycles. The summed E-state index contributed by atoms with van der Waals surface area (Å²) in [4.78, 5) is 0.608. The van der Waals surface area contributed by atoms with Crippen LogP contribution in [-0.4, -0.2) is 51.6 Å². The molecular formula is C23H32N2O4S2. The molecule has 0 aromatic heterocycles. The van der Waals surface area contributed by atoms with E-state index < -0.39 is 20.0 Å². The van der Waals surface area contributed by atoms with Gasteiger partial charge in [-0.25, -0.2) is 16.8 Å². The third-order valence-electron chi connectivity index (χ3n) is 6.70. The fourth-order valence-electron chi connectivity index (χ4n) is 4.18. The Morgan fingerprint density at radius 1 is 0.645 bits per heavy atom. The smallest absolute Gasteiger partial charge is 0.207 e. The molecule has 1 heterocycles. The SMILES string of the molecule is CCc1ccc(S(=O)(=O)N2CCN(S(=O)(=O)c3c(C)c(C)c(C)c(C)c3C)CC2)cc1. The van der Waals surface area contributed by atoms with Gasteiger partial charge in [0.25, 0.3) is 0 Å². The second-order valence-corrected chi connectivity index (χ2v) is 12.1. The van der Waals surface area contributed by atoms with Gasteiger partial charge in [-0.05, 0) is 86.6 Å². The third kappa shape index (κ3) is 4.18. The van der Waals surface area contributed by atoms with Gasteiger partial charge in [0.2, 0.25) is 20.0 Å². The molecule has 170 valence electrons. The van der Waals surface area contributed by atoms with E-state index in [1.54, 1.807) is 12.1 Å². The largest absolute Gasteiger partial charge is 0.243 e. The summed E-state index contributed by atoms with van der Waals surface area (Å²) in [6.07, 6.45) is 0.841. The minimum atomic E-state index is -3.72. The monoisotopic (exact) mass is 464 g/mol. The Kier molecular flexibility index (Phi) is 6.68. The minimum absolute atomic E-state index is 0.138. The maximum Gasteiger partial charge on any atom is 0.243 e. The summed E-state index contributed by atoms with van der Waals surface area (Å²) in [6, 6.07) is 6.89. The maximum absolute atomic E-state index is 13.5. The lowest BCUT2D eigenvalue weighted by Gasteiger charge is -2.34. The molecule has 0 bridgehead atoms. The Balaban J connectivity index is 1.85. The highest BCUT2D eigenvalue weighted by Crippen LogP contribution is 2.32. The van der Waals surface area contributed by atoms with Crippen LogP contribution in [0.1, 0.15) is 40.3 Å². The molecule has 31 heavy (non-hydrogen) atoms. The molecule has 3 rings (SSSR count). The van der Waals surface area contributed by atoms with Crippen molar-refractivity contribution in [3.63, 3.8) is 0 Å². The number of piperazine rings is 1. The van der Waals surface area contributed by atoms with Crippen molar-refractivity contribution in [1.29, 1.82) is 0 Å². The first-order chi connectivity index (χ1) is 14.4. The number of sulfonamides is 2. The van der Waals surface area contributed by atoms with E-state index in [9.17, 15) is 16.8 Å². The van der Waals surface area contributed by atoms with Crippen molar-refractivity contribution in [1.82, 2.24) is 8.61 Å². The Bertz CT molecular complexity index is 1160. The van der Waals surface area contributed by atoms with Gasteiger partial charge >= 0.3 is 0 Å². The standard InChI is InChI=1S/C23H32N2O4S2/c1-7-21-8-10-22(11-9-21)30(26,27)24-12-14-25(15-13-24)31(28,29)23-19(5)17(3)16(2)18(4)20(23)6/h8-11H,7,12-15H2,1-6H3. The van der Waals surface area contributed by atoms with Crippen molar-refractivity contribution in [3.05, 3.63) is 57.6 Å². The molecule has 0 amide bonds. The van der Waals surface area contributed by atoms with E-state index in [-0.39, 0.29) is 31.1 Å². The molecule has 0 spiro atoms. The average Bonchev–Trinajstić information content (AvgIpc) is 2.76. The van der Waals surface area contributed by atoms with Gasteiger partial charge in [-0.2, -0.15) is 8.61 Å². The molecule has 0 radical (unpaired) electrons. The normalized spacial score (nSPS) is 16.6. The summed E-state index contributed by atoms with van der Waals surface area (Å²) in [5, 5.41) is 0. The van der Waals surface area contributed by atoms with Gasteiger partial charge in [-0.15, -0.1) is 0 Å². The van der Waals surface area contributed by atoms with Crippen LogP contribution in [0.3, 0.4) is 0 Å². The quantitative estimate of drug-likeness (QED) is 0.679. The molecule has 0 atom stereocenters. The zero-order valence-corrected chi connectivity index (χ0v) is 20.8. The van der Waals surface area contributed by atoms with Gasteiger partial charge in [0.15, 0.2) is 0 Å². The molecule has 0 N–H and O–H groups in total. The van der Waals surface area contributed by atoms with Crippen molar-refractivity contribution in [3.8, 4) is 0 Å². The van der Waals surface area contributed by atoms with Crippen molar-refractivity contribution < 1.29 is 16.8 Å². The number of nitrogens with zero attached hydrogens (tertiary/aromatic N) is 2. The first kappa shape index (κ1) is 23.9. The summed E-state index contributed by atoms with van der Waals surface area (Å²) < 4.78 is 55.8. The third-order valence-corrected chi connectivity index (χ3v) is 10.8. The average molecular weight is 465 g/mol. The Hall–Kier alpha value is -1.74. The fraction of sp³-hybridized carbons (Fsp3) is 0.478. The van der Waals surface area contributed by atoms with Crippen molar-refractivity contribution in [2.75, 3.05) is 26.2 Å². The molecule has 6 nitrogen and oxygen atoms in total.